The number of halogens is 1. The highest BCUT2D eigenvalue weighted by Crippen LogP contribution is 2.58. The number of hydrogen-bond donors (Lipinski definition) is 2. The summed E-state index contributed by atoms with van der Waals surface area (Å²) in [5, 5.41) is 20.1. The Morgan fingerprint density at radius 2 is 2.00 bits per heavy atom. The number of carboxylic acids is 1. The second-order valence-corrected chi connectivity index (χ2v) is 6.21. The Bertz CT molecular complexity index is 485. The lowest BCUT2D eigenvalue weighted by Crippen LogP contribution is -2.52. The van der Waals surface area contributed by atoms with E-state index in [9.17, 15) is 15.0 Å². The van der Waals surface area contributed by atoms with Crippen molar-refractivity contribution in [3.63, 3.8) is 0 Å². The number of aliphatic carboxylic acids is 1. The Morgan fingerprint density at radius 3 is 2.53 bits per heavy atom. The number of benzene rings is 1. The fourth-order valence-electron chi connectivity index (χ4n) is 3.95. The fourth-order valence-corrected chi connectivity index (χ4v) is 4.49. The number of fused-ring (bicyclic) bond motifs is 2. The predicted octanol–water partition coefficient (Wildman–Crippen LogP) is 2.62. The quantitative estimate of drug-likeness (QED) is 0.837. The van der Waals surface area contributed by atoms with Crippen molar-refractivity contribution in [2.45, 2.75) is 36.2 Å². The summed E-state index contributed by atoms with van der Waals surface area (Å²) >= 11 is 6.39. The predicted molar refractivity (Wildman–Crippen MR) is 72.2 cm³/mol. The van der Waals surface area contributed by atoms with Crippen LogP contribution in [0.15, 0.2) is 30.3 Å². The van der Waals surface area contributed by atoms with Crippen molar-refractivity contribution in [2.24, 2.45) is 11.8 Å². The largest absolute Gasteiger partial charge is 0.481 e. The van der Waals surface area contributed by atoms with Gasteiger partial charge in [0.25, 0.3) is 0 Å². The SMILES string of the molecule is O=C(O)C(c1ccccc1)C1(O)C2CCC(C2)C1Cl. The van der Waals surface area contributed by atoms with Gasteiger partial charge in [0, 0.05) is 0 Å². The summed E-state index contributed by atoms with van der Waals surface area (Å²) in [5.41, 5.74) is -0.687. The first kappa shape index (κ1) is 12.9. The highest BCUT2D eigenvalue weighted by Gasteiger charge is 2.62. The molecule has 5 unspecified atom stereocenters. The molecule has 2 saturated carbocycles. The molecule has 4 heteroatoms. The average molecular weight is 281 g/mol. The average Bonchev–Trinajstić information content (AvgIpc) is 2.95. The number of rotatable bonds is 3. The van der Waals surface area contributed by atoms with Gasteiger partial charge in [-0.15, -0.1) is 11.6 Å². The van der Waals surface area contributed by atoms with E-state index in [0.717, 1.165) is 19.3 Å². The van der Waals surface area contributed by atoms with Crippen LogP contribution in [0.5, 0.6) is 0 Å². The molecule has 0 radical (unpaired) electrons. The summed E-state index contributed by atoms with van der Waals surface area (Å²) < 4.78 is 0. The minimum absolute atomic E-state index is 0.00121. The first-order valence-electron chi connectivity index (χ1n) is 6.69. The van der Waals surface area contributed by atoms with Gasteiger partial charge in [-0.2, -0.15) is 0 Å². The molecule has 0 saturated heterocycles. The highest BCUT2D eigenvalue weighted by molar-refractivity contribution is 6.22. The van der Waals surface area contributed by atoms with Crippen molar-refractivity contribution in [2.75, 3.05) is 0 Å². The van der Waals surface area contributed by atoms with Gasteiger partial charge in [0.1, 0.15) is 11.5 Å². The van der Waals surface area contributed by atoms with Crippen LogP contribution in [0, 0.1) is 11.8 Å². The summed E-state index contributed by atoms with van der Waals surface area (Å²) in [5.74, 6) is -1.68. The molecule has 3 rings (SSSR count). The van der Waals surface area contributed by atoms with Crippen molar-refractivity contribution in [1.82, 2.24) is 0 Å². The summed E-state index contributed by atoms with van der Waals surface area (Å²) in [4.78, 5) is 11.7. The molecule has 19 heavy (non-hydrogen) atoms. The van der Waals surface area contributed by atoms with Crippen LogP contribution in [-0.2, 0) is 4.79 Å². The van der Waals surface area contributed by atoms with Gasteiger partial charge in [0.2, 0.25) is 0 Å². The molecule has 0 heterocycles. The molecule has 3 nitrogen and oxygen atoms in total. The third-order valence-corrected chi connectivity index (χ3v) is 5.53. The Kier molecular flexibility index (Phi) is 3.06. The maximum atomic E-state index is 11.7. The van der Waals surface area contributed by atoms with Crippen LogP contribution in [0.1, 0.15) is 30.7 Å². The second-order valence-electron chi connectivity index (χ2n) is 5.74. The van der Waals surface area contributed by atoms with Crippen LogP contribution in [0.25, 0.3) is 0 Å². The van der Waals surface area contributed by atoms with Crippen LogP contribution >= 0.6 is 11.6 Å². The number of carboxylic acid groups (broad SMARTS) is 1. The van der Waals surface area contributed by atoms with E-state index in [4.69, 9.17) is 11.6 Å². The summed E-state index contributed by atoms with van der Waals surface area (Å²) in [6, 6.07) is 8.94. The lowest BCUT2D eigenvalue weighted by Gasteiger charge is -2.41. The lowest BCUT2D eigenvalue weighted by molar-refractivity contribution is -0.148. The van der Waals surface area contributed by atoms with E-state index in [1.165, 1.54) is 0 Å². The van der Waals surface area contributed by atoms with E-state index in [-0.39, 0.29) is 11.8 Å². The summed E-state index contributed by atoms with van der Waals surface area (Å²) in [6.45, 7) is 0. The third-order valence-electron chi connectivity index (χ3n) is 4.83. The molecule has 2 bridgehead atoms. The number of alkyl halides is 1. The second kappa shape index (κ2) is 4.50. The van der Waals surface area contributed by atoms with Crippen molar-refractivity contribution >= 4 is 17.6 Å². The monoisotopic (exact) mass is 280 g/mol. The molecule has 1 aromatic carbocycles. The van der Waals surface area contributed by atoms with Crippen LogP contribution in [0.4, 0.5) is 0 Å². The molecule has 2 fully saturated rings. The summed E-state index contributed by atoms with van der Waals surface area (Å²) in [6.07, 6.45) is 2.73. The maximum absolute atomic E-state index is 11.7. The third kappa shape index (κ3) is 1.79. The van der Waals surface area contributed by atoms with Gasteiger partial charge in [-0.3, -0.25) is 4.79 Å². The molecule has 0 spiro atoms. The van der Waals surface area contributed by atoms with Gasteiger partial charge in [-0.25, -0.2) is 0 Å². The molecule has 102 valence electrons. The molecule has 5 atom stereocenters. The Morgan fingerprint density at radius 1 is 1.32 bits per heavy atom. The molecule has 1 aromatic rings. The number of hydrogen-bond acceptors (Lipinski definition) is 2. The van der Waals surface area contributed by atoms with E-state index >= 15 is 0 Å². The van der Waals surface area contributed by atoms with E-state index in [2.05, 4.69) is 0 Å². The van der Waals surface area contributed by atoms with Gasteiger partial charge in [0.15, 0.2) is 0 Å². The maximum Gasteiger partial charge on any atom is 0.314 e. The molecule has 2 N–H and O–H groups in total. The van der Waals surface area contributed by atoms with Crippen LogP contribution in [0.2, 0.25) is 0 Å². The number of carbonyl (C=O) groups is 1. The van der Waals surface area contributed by atoms with Gasteiger partial charge in [-0.1, -0.05) is 30.3 Å². The topological polar surface area (TPSA) is 57.5 Å². The molecule has 0 amide bonds. The minimum atomic E-state index is -1.32. The molecular formula is C15H17ClO3. The molecule has 2 aliphatic rings. The van der Waals surface area contributed by atoms with Gasteiger partial charge in [-0.05, 0) is 36.7 Å². The lowest BCUT2D eigenvalue weighted by atomic mass is 9.71. The van der Waals surface area contributed by atoms with Crippen molar-refractivity contribution in [3.05, 3.63) is 35.9 Å². The Labute approximate surface area is 117 Å². The summed E-state index contributed by atoms with van der Waals surface area (Å²) in [7, 11) is 0. The minimum Gasteiger partial charge on any atom is -0.481 e. The molecule has 0 aromatic heterocycles. The van der Waals surface area contributed by atoms with E-state index in [1.54, 1.807) is 24.3 Å². The Balaban J connectivity index is 2.04. The van der Waals surface area contributed by atoms with Gasteiger partial charge in [0.05, 0.1) is 5.38 Å². The van der Waals surface area contributed by atoms with E-state index in [0.29, 0.717) is 5.56 Å². The first-order valence-corrected chi connectivity index (χ1v) is 7.13. The molecular weight excluding hydrogens is 264 g/mol. The van der Waals surface area contributed by atoms with E-state index in [1.807, 2.05) is 6.07 Å². The molecule has 0 aliphatic heterocycles. The van der Waals surface area contributed by atoms with Gasteiger partial charge >= 0.3 is 5.97 Å². The zero-order valence-electron chi connectivity index (χ0n) is 10.5. The number of aliphatic hydroxyl groups is 1. The highest BCUT2D eigenvalue weighted by atomic mass is 35.5. The zero-order chi connectivity index (χ0) is 13.6. The van der Waals surface area contributed by atoms with Crippen LogP contribution in [0.3, 0.4) is 0 Å². The first-order chi connectivity index (χ1) is 9.05. The van der Waals surface area contributed by atoms with E-state index < -0.39 is 22.9 Å². The van der Waals surface area contributed by atoms with Crippen molar-refractivity contribution < 1.29 is 15.0 Å². The fraction of sp³-hybridized carbons (Fsp3) is 0.533. The normalized spacial score (nSPS) is 38.3. The van der Waals surface area contributed by atoms with Crippen molar-refractivity contribution in [3.8, 4) is 0 Å². The standard InChI is InChI=1S/C15H17ClO3/c16-13-10-6-7-11(8-10)15(13,19)12(14(17)18)9-4-2-1-3-5-9/h1-5,10-13,19H,6-8H2,(H,17,18). The van der Waals surface area contributed by atoms with Crippen LogP contribution < -0.4 is 0 Å². The van der Waals surface area contributed by atoms with Crippen molar-refractivity contribution in [1.29, 1.82) is 0 Å². The zero-order valence-corrected chi connectivity index (χ0v) is 11.3. The molecule has 2 aliphatic carbocycles. The smallest absolute Gasteiger partial charge is 0.314 e. The van der Waals surface area contributed by atoms with Crippen LogP contribution in [-0.4, -0.2) is 27.2 Å². The Hall–Kier alpha value is -1.06. The van der Waals surface area contributed by atoms with Gasteiger partial charge < -0.3 is 10.2 Å².